The van der Waals surface area contributed by atoms with Crippen molar-refractivity contribution in [1.82, 2.24) is 4.57 Å². The molecule has 2 aromatic carbocycles. The minimum atomic E-state index is -0.739. The molecule has 1 aromatic heterocycles. The van der Waals surface area contributed by atoms with Gasteiger partial charge in [0.25, 0.3) is 0 Å². The summed E-state index contributed by atoms with van der Waals surface area (Å²) in [5.41, 5.74) is 4.96. The fraction of sp³-hybridized carbons (Fsp3) is 0.464. The number of carboxylic acid groups (broad SMARTS) is 1. The molecule has 5 nitrogen and oxygen atoms in total. The van der Waals surface area contributed by atoms with Crippen LogP contribution in [-0.4, -0.2) is 34.0 Å². The third-order valence-corrected chi connectivity index (χ3v) is 7.69. The van der Waals surface area contributed by atoms with Crippen molar-refractivity contribution in [2.75, 3.05) is 13.2 Å². The van der Waals surface area contributed by atoms with Gasteiger partial charge in [-0.1, -0.05) is 6.42 Å². The number of benzene rings is 2. The monoisotopic (exact) mass is 465 g/mol. The summed E-state index contributed by atoms with van der Waals surface area (Å²) in [6, 6.07) is 10.8. The maximum Gasteiger partial charge on any atom is 0.303 e. The van der Waals surface area contributed by atoms with Crippen LogP contribution >= 0.6 is 0 Å². The van der Waals surface area contributed by atoms with E-state index in [0.717, 1.165) is 55.1 Å². The lowest BCUT2D eigenvalue weighted by Crippen LogP contribution is -2.21. The molecule has 5 rings (SSSR count). The molecule has 1 aliphatic carbocycles. The molecule has 0 bridgehead atoms. The van der Waals surface area contributed by atoms with Crippen LogP contribution in [0.15, 0.2) is 36.4 Å². The van der Waals surface area contributed by atoms with E-state index >= 15 is 0 Å². The van der Waals surface area contributed by atoms with Gasteiger partial charge < -0.3 is 19.5 Å². The highest BCUT2D eigenvalue weighted by atomic mass is 19.1. The van der Waals surface area contributed by atoms with E-state index in [0.29, 0.717) is 18.8 Å². The van der Waals surface area contributed by atoms with E-state index in [1.54, 1.807) is 13.0 Å². The molecule has 6 heteroatoms. The minimum Gasteiger partial charge on any atom is -0.508 e. The smallest absolute Gasteiger partial charge is 0.303 e. The van der Waals surface area contributed by atoms with Crippen molar-refractivity contribution in [3.8, 4) is 11.4 Å². The van der Waals surface area contributed by atoms with Gasteiger partial charge >= 0.3 is 5.97 Å². The first-order chi connectivity index (χ1) is 16.4. The van der Waals surface area contributed by atoms with Crippen LogP contribution in [0.3, 0.4) is 0 Å². The molecule has 180 valence electrons. The third kappa shape index (κ3) is 4.31. The summed E-state index contributed by atoms with van der Waals surface area (Å²) < 4.78 is 22.1. The Labute approximate surface area is 199 Å². The zero-order chi connectivity index (χ0) is 23.8. The molecule has 2 N–H and O–H groups in total. The van der Waals surface area contributed by atoms with Crippen molar-refractivity contribution in [3.63, 3.8) is 0 Å². The Hall–Kier alpha value is -2.86. The van der Waals surface area contributed by atoms with Gasteiger partial charge in [-0.25, -0.2) is 4.39 Å². The van der Waals surface area contributed by atoms with E-state index in [1.165, 1.54) is 17.3 Å². The van der Waals surface area contributed by atoms with E-state index in [9.17, 15) is 19.4 Å². The van der Waals surface area contributed by atoms with Gasteiger partial charge in [0.15, 0.2) is 0 Å². The predicted molar refractivity (Wildman–Crippen MR) is 129 cm³/mol. The number of ether oxygens (including phenoxy) is 1. The SMILES string of the molecule is Cc1cc(-n2c(C3CCOCC3)c([C@H]3CCC[C@@H](CC(=O)O)C3)c3cc(O)ccc32)ccc1F. The average molecular weight is 466 g/mol. The number of aryl methyl sites for hydroxylation is 1. The van der Waals surface area contributed by atoms with E-state index in [-0.39, 0.29) is 35.7 Å². The molecular weight excluding hydrogens is 433 g/mol. The number of halogens is 1. The molecule has 0 amide bonds. The molecular formula is C28H32FNO4. The molecule has 1 aliphatic heterocycles. The lowest BCUT2D eigenvalue weighted by atomic mass is 9.74. The van der Waals surface area contributed by atoms with Gasteiger partial charge in [0.05, 0.1) is 5.52 Å². The van der Waals surface area contributed by atoms with Gasteiger partial charge in [0, 0.05) is 42.3 Å². The number of aromatic nitrogens is 1. The van der Waals surface area contributed by atoms with Gasteiger partial charge in [-0.2, -0.15) is 0 Å². The van der Waals surface area contributed by atoms with Crippen LogP contribution in [0, 0.1) is 18.7 Å². The predicted octanol–water partition coefficient (Wildman–Crippen LogP) is 6.43. The summed E-state index contributed by atoms with van der Waals surface area (Å²) >= 11 is 0. The largest absolute Gasteiger partial charge is 0.508 e. The standard InChI is InChI=1S/C28H32FNO4/c1-17-13-21(5-7-24(17)29)30-25-8-6-22(31)16-23(25)27(28(30)19-9-11-34-12-10-19)20-4-2-3-18(14-20)15-26(32)33/h5-8,13,16,18-20,31H,2-4,9-12,14-15H2,1H3,(H,32,33)/t18-,20+/m1/s1. The van der Waals surface area contributed by atoms with Crippen molar-refractivity contribution in [2.45, 2.75) is 63.7 Å². The van der Waals surface area contributed by atoms with Crippen LogP contribution in [0.4, 0.5) is 4.39 Å². The summed E-state index contributed by atoms with van der Waals surface area (Å²) in [5.74, 6) is -0.0848. The summed E-state index contributed by atoms with van der Waals surface area (Å²) in [7, 11) is 0. The molecule has 0 spiro atoms. The first-order valence-corrected chi connectivity index (χ1v) is 12.4. The van der Waals surface area contributed by atoms with E-state index in [1.807, 2.05) is 24.3 Å². The number of aliphatic carboxylic acids is 1. The van der Waals surface area contributed by atoms with Gasteiger partial charge in [0.1, 0.15) is 11.6 Å². The number of aromatic hydroxyl groups is 1. The number of hydrogen-bond donors (Lipinski definition) is 2. The first-order valence-electron chi connectivity index (χ1n) is 12.4. The fourth-order valence-corrected chi connectivity index (χ4v) is 6.16. The highest BCUT2D eigenvalue weighted by Gasteiger charge is 2.34. The maximum absolute atomic E-state index is 14.2. The highest BCUT2D eigenvalue weighted by molar-refractivity contribution is 5.89. The Morgan fingerprint density at radius 2 is 1.88 bits per heavy atom. The molecule has 2 fully saturated rings. The molecule has 2 heterocycles. The Bertz CT molecular complexity index is 1210. The quantitative estimate of drug-likeness (QED) is 0.456. The van der Waals surface area contributed by atoms with Gasteiger partial charge in [-0.05, 0) is 98.4 Å². The lowest BCUT2D eigenvalue weighted by molar-refractivity contribution is -0.138. The second-order valence-corrected chi connectivity index (χ2v) is 9.98. The lowest BCUT2D eigenvalue weighted by Gasteiger charge is -2.32. The van der Waals surface area contributed by atoms with Crippen LogP contribution in [-0.2, 0) is 9.53 Å². The van der Waals surface area contributed by atoms with Crippen LogP contribution in [0.2, 0.25) is 0 Å². The number of carbonyl (C=O) groups is 1. The highest BCUT2D eigenvalue weighted by Crippen LogP contribution is 2.47. The Morgan fingerprint density at radius 3 is 2.62 bits per heavy atom. The molecule has 34 heavy (non-hydrogen) atoms. The summed E-state index contributed by atoms with van der Waals surface area (Å²) in [6.07, 6.45) is 5.78. The molecule has 0 unspecified atom stereocenters. The Balaban J connectivity index is 1.74. The Kier molecular flexibility index (Phi) is 6.34. The van der Waals surface area contributed by atoms with Gasteiger partial charge in [0.2, 0.25) is 0 Å². The normalized spacial score (nSPS) is 21.7. The van der Waals surface area contributed by atoms with E-state index in [4.69, 9.17) is 4.74 Å². The molecule has 1 saturated heterocycles. The van der Waals surface area contributed by atoms with E-state index in [2.05, 4.69) is 4.57 Å². The molecule has 2 aliphatic rings. The number of phenols is 1. The topological polar surface area (TPSA) is 71.7 Å². The summed E-state index contributed by atoms with van der Waals surface area (Å²) in [6.45, 7) is 3.18. The number of rotatable bonds is 5. The first kappa shape index (κ1) is 22.9. The van der Waals surface area contributed by atoms with Gasteiger partial charge in [-0.15, -0.1) is 0 Å². The van der Waals surface area contributed by atoms with Crippen LogP contribution < -0.4 is 0 Å². The van der Waals surface area contributed by atoms with Crippen LogP contribution in [0.5, 0.6) is 5.75 Å². The zero-order valence-electron chi connectivity index (χ0n) is 19.6. The second-order valence-electron chi connectivity index (χ2n) is 9.98. The zero-order valence-corrected chi connectivity index (χ0v) is 19.6. The fourth-order valence-electron chi connectivity index (χ4n) is 6.16. The van der Waals surface area contributed by atoms with Crippen LogP contribution in [0.1, 0.15) is 73.6 Å². The number of phenolic OH excluding ortho intramolecular Hbond substituents is 1. The van der Waals surface area contributed by atoms with Crippen molar-refractivity contribution < 1.29 is 24.1 Å². The maximum atomic E-state index is 14.2. The summed E-state index contributed by atoms with van der Waals surface area (Å²) in [5, 5.41) is 20.9. The number of fused-ring (bicyclic) bond motifs is 1. The minimum absolute atomic E-state index is 0.155. The molecule has 1 saturated carbocycles. The molecule has 3 aromatic rings. The number of hydrogen-bond acceptors (Lipinski definition) is 3. The van der Waals surface area contributed by atoms with Crippen molar-refractivity contribution in [3.05, 3.63) is 59.0 Å². The summed E-state index contributed by atoms with van der Waals surface area (Å²) in [4.78, 5) is 11.4. The molecule has 2 atom stereocenters. The average Bonchev–Trinajstić information content (AvgIpc) is 3.15. The van der Waals surface area contributed by atoms with Crippen LogP contribution in [0.25, 0.3) is 16.6 Å². The number of carboxylic acids is 1. The van der Waals surface area contributed by atoms with Gasteiger partial charge in [-0.3, -0.25) is 4.79 Å². The van der Waals surface area contributed by atoms with Crippen molar-refractivity contribution >= 4 is 16.9 Å². The second kappa shape index (κ2) is 9.41. The number of nitrogens with zero attached hydrogens (tertiary/aromatic N) is 1. The van der Waals surface area contributed by atoms with Crippen molar-refractivity contribution in [1.29, 1.82) is 0 Å². The molecule has 0 radical (unpaired) electrons. The Morgan fingerprint density at radius 1 is 1.09 bits per heavy atom. The van der Waals surface area contributed by atoms with Crippen molar-refractivity contribution in [2.24, 2.45) is 5.92 Å². The van der Waals surface area contributed by atoms with E-state index < -0.39 is 5.97 Å². The third-order valence-electron chi connectivity index (χ3n) is 7.69.